The predicted molar refractivity (Wildman–Crippen MR) is 60.7 cm³/mol. The molecule has 0 saturated heterocycles. The molecule has 0 fully saturated rings. The van der Waals surface area contributed by atoms with E-state index in [1.807, 2.05) is 12.1 Å². The van der Waals surface area contributed by atoms with Crippen molar-refractivity contribution in [3.8, 4) is 11.5 Å². The van der Waals surface area contributed by atoms with Gasteiger partial charge in [0.2, 0.25) is 0 Å². The van der Waals surface area contributed by atoms with Gasteiger partial charge in [-0.2, -0.15) is 0 Å². The molecule has 88 valence electrons. The summed E-state index contributed by atoms with van der Waals surface area (Å²) in [7, 11) is 1.67. The highest BCUT2D eigenvalue weighted by Crippen LogP contribution is 2.37. The summed E-state index contributed by atoms with van der Waals surface area (Å²) in [6.45, 7) is 3.53. The first-order valence-corrected chi connectivity index (χ1v) is 5.38. The first kappa shape index (κ1) is 11.2. The van der Waals surface area contributed by atoms with Crippen molar-refractivity contribution in [2.75, 3.05) is 20.4 Å². The minimum Gasteiger partial charge on any atom is -0.496 e. The van der Waals surface area contributed by atoms with Crippen LogP contribution in [0, 0.1) is 0 Å². The Morgan fingerprint density at radius 2 is 2.31 bits per heavy atom. The first-order chi connectivity index (χ1) is 7.77. The third kappa shape index (κ3) is 1.86. The Labute approximate surface area is 95.3 Å². The fourth-order valence-corrected chi connectivity index (χ4v) is 1.99. The average Bonchev–Trinajstić information content (AvgIpc) is 2.36. The lowest BCUT2D eigenvalue weighted by molar-refractivity contribution is -0.0171. The van der Waals surface area contributed by atoms with E-state index in [1.54, 1.807) is 7.11 Å². The van der Waals surface area contributed by atoms with Crippen LogP contribution in [0.15, 0.2) is 12.1 Å². The van der Waals surface area contributed by atoms with E-state index < -0.39 is 0 Å². The molecule has 0 aliphatic carbocycles. The third-order valence-electron chi connectivity index (χ3n) is 2.88. The number of hydrogen-bond donors (Lipinski definition) is 1. The molecule has 4 heteroatoms. The standard InChI is InChI=1S/C12H17NO3/c1-8(5-13)12-9-6-15-7-16-10(9)3-4-11(12)14-2/h3-4,8H,5-7,13H2,1-2H3. The number of hydrogen-bond acceptors (Lipinski definition) is 4. The van der Waals surface area contributed by atoms with Crippen molar-refractivity contribution in [3.63, 3.8) is 0 Å². The molecular weight excluding hydrogens is 206 g/mol. The molecule has 0 aromatic heterocycles. The summed E-state index contributed by atoms with van der Waals surface area (Å²) in [6.07, 6.45) is 0. The van der Waals surface area contributed by atoms with E-state index in [-0.39, 0.29) is 5.92 Å². The van der Waals surface area contributed by atoms with Gasteiger partial charge in [-0.3, -0.25) is 0 Å². The van der Waals surface area contributed by atoms with Crippen LogP contribution >= 0.6 is 0 Å². The van der Waals surface area contributed by atoms with Crippen LogP contribution in [0.5, 0.6) is 11.5 Å². The Kier molecular flexibility index (Phi) is 3.31. The second-order valence-corrected chi connectivity index (χ2v) is 3.91. The SMILES string of the molecule is COc1ccc2c(c1C(C)CN)COCO2. The highest BCUT2D eigenvalue weighted by atomic mass is 16.7. The molecule has 1 aromatic carbocycles. The Balaban J connectivity index is 2.51. The van der Waals surface area contributed by atoms with Crippen molar-refractivity contribution in [2.45, 2.75) is 19.4 Å². The summed E-state index contributed by atoms with van der Waals surface area (Å²) in [6, 6.07) is 3.84. The Morgan fingerprint density at radius 3 is 3.00 bits per heavy atom. The zero-order chi connectivity index (χ0) is 11.5. The topological polar surface area (TPSA) is 53.7 Å². The van der Waals surface area contributed by atoms with Crippen molar-refractivity contribution in [2.24, 2.45) is 5.73 Å². The molecule has 0 amide bonds. The van der Waals surface area contributed by atoms with Crippen molar-refractivity contribution in [1.29, 1.82) is 0 Å². The fourth-order valence-electron chi connectivity index (χ4n) is 1.99. The van der Waals surface area contributed by atoms with Gasteiger partial charge in [0.05, 0.1) is 13.7 Å². The second-order valence-electron chi connectivity index (χ2n) is 3.91. The Morgan fingerprint density at radius 1 is 1.50 bits per heavy atom. The number of methoxy groups -OCH3 is 1. The quantitative estimate of drug-likeness (QED) is 0.846. The van der Waals surface area contributed by atoms with Crippen LogP contribution < -0.4 is 15.2 Å². The molecule has 0 spiro atoms. The molecule has 2 N–H and O–H groups in total. The lowest BCUT2D eigenvalue weighted by atomic mass is 9.94. The van der Waals surface area contributed by atoms with E-state index in [0.717, 1.165) is 22.6 Å². The smallest absolute Gasteiger partial charge is 0.189 e. The van der Waals surface area contributed by atoms with Gasteiger partial charge in [0.1, 0.15) is 11.5 Å². The van der Waals surface area contributed by atoms with Gasteiger partial charge in [-0.1, -0.05) is 6.92 Å². The van der Waals surface area contributed by atoms with Crippen LogP contribution in [0.2, 0.25) is 0 Å². The van der Waals surface area contributed by atoms with E-state index >= 15 is 0 Å². The van der Waals surface area contributed by atoms with Crippen molar-refractivity contribution >= 4 is 0 Å². The van der Waals surface area contributed by atoms with Crippen LogP contribution in [0.25, 0.3) is 0 Å². The molecule has 1 aliphatic heterocycles. The van der Waals surface area contributed by atoms with Crippen LogP contribution in [0.3, 0.4) is 0 Å². The second kappa shape index (κ2) is 4.72. The average molecular weight is 223 g/mol. The molecule has 0 saturated carbocycles. The summed E-state index contributed by atoms with van der Waals surface area (Å²) in [4.78, 5) is 0. The lowest BCUT2D eigenvalue weighted by Gasteiger charge is -2.24. The molecule has 1 aliphatic rings. The van der Waals surface area contributed by atoms with Crippen molar-refractivity contribution in [1.82, 2.24) is 0 Å². The van der Waals surface area contributed by atoms with Gasteiger partial charge in [-0.25, -0.2) is 0 Å². The molecule has 1 heterocycles. The van der Waals surface area contributed by atoms with Crippen molar-refractivity contribution < 1.29 is 14.2 Å². The van der Waals surface area contributed by atoms with E-state index in [0.29, 0.717) is 19.9 Å². The molecule has 1 aromatic rings. The van der Waals surface area contributed by atoms with Crippen molar-refractivity contribution in [3.05, 3.63) is 23.3 Å². The van der Waals surface area contributed by atoms with E-state index in [1.165, 1.54) is 0 Å². The minimum atomic E-state index is 0.232. The lowest BCUT2D eigenvalue weighted by Crippen LogP contribution is -2.18. The molecular formula is C12H17NO3. The van der Waals surface area contributed by atoms with E-state index in [4.69, 9.17) is 19.9 Å². The third-order valence-corrected chi connectivity index (χ3v) is 2.88. The van der Waals surface area contributed by atoms with Gasteiger partial charge in [0, 0.05) is 11.1 Å². The van der Waals surface area contributed by atoms with Gasteiger partial charge >= 0.3 is 0 Å². The maximum atomic E-state index is 5.72. The Bertz CT molecular complexity index is 379. The maximum absolute atomic E-state index is 5.72. The molecule has 0 radical (unpaired) electrons. The van der Waals surface area contributed by atoms with E-state index in [9.17, 15) is 0 Å². The highest BCUT2D eigenvalue weighted by molar-refractivity contribution is 5.50. The highest BCUT2D eigenvalue weighted by Gasteiger charge is 2.21. The van der Waals surface area contributed by atoms with Crippen LogP contribution in [-0.4, -0.2) is 20.4 Å². The first-order valence-electron chi connectivity index (χ1n) is 5.38. The predicted octanol–water partition coefficient (Wildman–Crippen LogP) is 1.62. The number of ether oxygens (including phenoxy) is 3. The summed E-state index contributed by atoms with van der Waals surface area (Å²) in [5.74, 6) is 1.96. The zero-order valence-electron chi connectivity index (χ0n) is 9.66. The fraction of sp³-hybridized carbons (Fsp3) is 0.500. The van der Waals surface area contributed by atoms with Gasteiger partial charge < -0.3 is 19.9 Å². The normalized spacial score (nSPS) is 16.2. The Hall–Kier alpha value is -1.26. The number of rotatable bonds is 3. The molecule has 1 atom stereocenters. The maximum Gasteiger partial charge on any atom is 0.189 e. The van der Waals surface area contributed by atoms with Gasteiger partial charge in [0.25, 0.3) is 0 Å². The summed E-state index contributed by atoms with van der Waals surface area (Å²) in [5, 5.41) is 0. The number of fused-ring (bicyclic) bond motifs is 1. The van der Waals surface area contributed by atoms with E-state index in [2.05, 4.69) is 6.92 Å². The van der Waals surface area contributed by atoms with Crippen LogP contribution in [-0.2, 0) is 11.3 Å². The molecule has 0 bridgehead atoms. The number of benzene rings is 1. The van der Waals surface area contributed by atoms with Gasteiger partial charge in [0.15, 0.2) is 6.79 Å². The zero-order valence-corrected chi connectivity index (χ0v) is 9.66. The van der Waals surface area contributed by atoms with Gasteiger partial charge in [-0.05, 0) is 24.6 Å². The molecule has 4 nitrogen and oxygen atoms in total. The van der Waals surface area contributed by atoms with Crippen LogP contribution in [0.1, 0.15) is 24.0 Å². The summed E-state index contributed by atoms with van der Waals surface area (Å²) >= 11 is 0. The molecule has 16 heavy (non-hydrogen) atoms. The summed E-state index contributed by atoms with van der Waals surface area (Å²) < 4.78 is 16.1. The van der Waals surface area contributed by atoms with Gasteiger partial charge in [-0.15, -0.1) is 0 Å². The monoisotopic (exact) mass is 223 g/mol. The minimum absolute atomic E-state index is 0.232. The van der Waals surface area contributed by atoms with Crippen LogP contribution in [0.4, 0.5) is 0 Å². The summed E-state index contributed by atoms with van der Waals surface area (Å²) in [5.41, 5.74) is 7.88. The molecule has 1 unspecified atom stereocenters. The number of nitrogens with two attached hydrogens (primary N) is 1. The largest absolute Gasteiger partial charge is 0.496 e. The molecule has 2 rings (SSSR count).